The lowest BCUT2D eigenvalue weighted by Crippen LogP contribution is -1.78. The van der Waals surface area contributed by atoms with Crippen molar-refractivity contribution in [3.8, 4) is 11.6 Å². The Bertz CT molecular complexity index is 130. The number of hydrogen-bond acceptors (Lipinski definition) is 2. The molecule has 0 unspecified atom stereocenters. The number of aromatic amines is 1. The molecule has 0 saturated carbocycles. The molecule has 2 aliphatic rings. The van der Waals surface area contributed by atoms with Gasteiger partial charge in [0.15, 0.2) is 5.82 Å². The summed E-state index contributed by atoms with van der Waals surface area (Å²) < 4.78 is 0. The molecule has 3 heteroatoms. The number of H-pyrrole nitrogens is 1. The molecule has 1 N–H and O–H groups in total. The van der Waals surface area contributed by atoms with Crippen molar-refractivity contribution in [1.82, 2.24) is 15.2 Å². The van der Waals surface area contributed by atoms with Crippen molar-refractivity contribution in [2.75, 3.05) is 0 Å². The molecule has 2 aliphatic heterocycles. The van der Waals surface area contributed by atoms with Crippen LogP contribution in [0.4, 0.5) is 0 Å². The number of aromatic nitrogens is 3. The molecule has 0 amide bonds. The van der Waals surface area contributed by atoms with Gasteiger partial charge in [-0.25, -0.2) is 4.98 Å². The minimum Gasteiger partial charge on any atom is -0.256 e. The number of rotatable bonds is 0. The molecule has 0 fully saturated rings. The van der Waals surface area contributed by atoms with Crippen molar-refractivity contribution in [3.63, 3.8) is 0 Å². The summed E-state index contributed by atoms with van der Waals surface area (Å²) in [5, 5.41) is 6.23. The van der Waals surface area contributed by atoms with Gasteiger partial charge >= 0.3 is 0 Å². The van der Waals surface area contributed by atoms with Crippen molar-refractivity contribution >= 4 is 0 Å². The zero-order valence-corrected chi connectivity index (χ0v) is 2.39. The number of nitrogens with one attached hydrogen (secondary N) is 1. The summed E-state index contributed by atoms with van der Waals surface area (Å²) in [4.78, 5) is 3.72. The van der Waals surface area contributed by atoms with Crippen LogP contribution < -0.4 is 0 Å². The highest BCUT2D eigenvalue weighted by Crippen LogP contribution is 2.19. The molecule has 0 aromatic carbocycles. The molecule has 0 saturated heterocycles. The zero-order valence-electron chi connectivity index (χ0n) is 2.39. The fourth-order valence-corrected chi connectivity index (χ4v) is 0.284. The molecular weight excluding hydrogens is 66.0 g/mol. The van der Waals surface area contributed by atoms with E-state index in [4.69, 9.17) is 0 Å². The Labute approximate surface area is 28.0 Å². The molecule has 0 bridgehead atoms. The van der Waals surface area contributed by atoms with Gasteiger partial charge in [0, 0.05) is 0 Å². The van der Waals surface area contributed by atoms with Crippen LogP contribution in [0.5, 0.6) is 0 Å². The van der Waals surface area contributed by atoms with Gasteiger partial charge in [0.1, 0.15) is 0 Å². The summed E-state index contributed by atoms with van der Waals surface area (Å²) >= 11 is 0. The third-order valence-electron chi connectivity index (χ3n) is 0.647. The van der Waals surface area contributed by atoms with E-state index in [-0.39, 0.29) is 0 Å². The van der Waals surface area contributed by atoms with Crippen LogP contribution >= 0.6 is 0 Å². The number of nitrogens with zero attached hydrogens (tertiary/aromatic N) is 2. The maximum Gasteiger partial charge on any atom is 0.218 e. The number of hydrogen-bond donors (Lipinski definition) is 1. The molecular formula is C2HN3. The molecule has 2 heterocycles. The lowest BCUT2D eigenvalue weighted by atomic mass is 10.7. The van der Waals surface area contributed by atoms with Crippen LogP contribution in [0.15, 0.2) is 0 Å². The van der Waals surface area contributed by atoms with Crippen LogP contribution in [0.25, 0.3) is 11.6 Å². The summed E-state index contributed by atoms with van der Waals surface area (Å²) in [6.07, 6.45) is 0. The second kappa shape index (κ2) is 0.217. The van der Waals surface area contributed by atoms with E-state index < -0.39 is 0 Å². The third-order valence-corrected chi connectivity index (χ3v) is 0.647. The Morgan fingerprint density at radius 3 is 2.40 bits per heavy atom. The Morgan fingerprint density at radius 1 is 1.60 bits per heavy atom. The highest BCUT2D eigenvalue weighted by atomic mass is 15.3. The summed E-state index contributed by atoms with van der Waals surface area (Å²) in [6, 6.07) is 0. The predicted molar refractivity (Wildman–Crippen MR) is 15.4 cm³/mol. The quantitative estimate of drug-likeness (QED) is 0.463. The SMILES string of the molecule is n1[nH]c2nc1-2. The van der Waals surface area contributed by atoms with Crippen LogP contribution in [0.2, 0.25) is 0 Å². The average molecular weight is 67.1 g/mol. The molecule has 0 radical (unpaired) electrons. The lowest BCUT2D eigenvalue weighted by Gasteiger charge is -1.73. The first-order chi connectivity index (χ1) is 2.47. The van der Waals surface area contributed by atoms with Crippen molar-refractivity contribution in [1.29, 1.82) is 0 Å². The maximum absolute atomic E-state index is 3.72. The topological polar surface area (TPSA) is 41.6 Å². The summed E-state index contributed by atoms with van der Waals surface area (Å²) in [5.41, 5.74) is 0. The van der Waals surface area contributed by atoms with E-state index in [1.165, 1.54) is 0 Å². The van der Waals surface area contributed by atoms with Crippen LogP contribution in [0.3, 0.4) is 0 Å². The highest BCUT2D eigenvalue weighted by molar-refractivity contribution is 5.56. The molecule has 0 aromatic heterocycles. The predicted octanol–water partition coefficient (Wildman–Crippen LogP) is -0.215. The first-order valence-corrected chi connectivity index (χ1v) is 1.39. The van der Waals surface area contributed by atoms with Crippen molar-refractivity contribution in [2.45, 2.75) is 0 Å². The van der Waals surface area contributed by atoms with Gasteiger partial charge in [0.05, 0.1) is 0 Å². The van der Waals surface area contributed by atoms with Crippen LogP contribution in [0.1, 0.15) is 0 Å². The second-order valence-corrected chi connectivity index (χ2v) is 1.01. The largest absolute Gasteiger partial charge is 0.256 e. The molecule has 0 aliphatic carbocycles. The van der Waals surface area contributed by atoms with E-state index in [1.54, 1.807) is 0 Å². The van der Waals surface area contributed by atoms with Crippen LogP contribution in [-0.4, -0.2) is 15.2 Å². The summed E-state index contributed by atoms with van der Waals surface area (Å²) in [7, 11) is 0. The standard InChI is InChI=1S/C2HN3/c3-1-2(3)5-4-1/h(H,3,4,5). The Kier molecular flexibility index (Phi) is 0.0671. The molecule has 5 heavy (non-hydrogen) atoms. The smallest absolute Gasteiger partial charge is 0.218 e. The van der Waals surface area contributed by atoms with E-state index >= 15 is 0 Å². The van der Waals surface area contributed by atoms with Gasteiger partial charge in [-0.15, -0.1) is 5.10 Å². The highest BCUT2D eigenvalue weighted by Gasteiger charge is 2.19. The summed E-state index contributed by atoms with van der Waals surface area (Å²) in [5.74, 6) is 1.88. The lowest BCUT2D eigenvalue weighted by molar-refractivity contribution is 1.03. The summed E-state index contributed by atoms with van der Waals surface area (Å²) in [6.45, 7) is 0. The fourth-order valence-electron chi connectivity index (χ4n) is 0.284. The van der Waals surface area contributed by atoms with Crippen molar-refractivity contribution in [2.24, 2.45) is 0 Å². The molecule has 0 spiro atoms. The molecule has 24 valence electrons. The van der Waals surface area contributed by atoms with Gasteiger partial charge in [-0.2, -0.15) is 0 Å². The first kappa shape index (κ1) is 1.55. The molecule has 0 aromatic rings. The van der Waals surface area contributed by atoms with E-state index in [2.05, 4.69) is 15.2 Å². The monoisotopic (exact) mass is 67.0 g/mol. The van der Waals surface area contributed by atoms with E-state index in [9.17, 15) is 0 Å². The minimum absolute atomic E-state index is 0.907. The Morgan fingerprint density at radius 2 is 2.40 bits per heavy atom. The van der Waals surface area contributed by atoms with Gasteiger partial charge in [0.2, 0.25) is 5.82 Å². The van der Waals surface area contributed by atoms with Gasteiger partial charge in [0.25, 0.3) is 0 Å². The molecule has 3 nitrogen and oxygen atoms in total. The van der Waals surface area contributed by atoms with E-state index in [0.29, 0.717) is 0 Å². The van der Waals surface area contributed by atoms with Gasteiger partial charge in [-0.1, -0.05) is 0 Å². The Balaban J connectivity index is 3.13. The Hall–Kier alpha value is -0.860. The minimum atomic E-state index is 0.907. The van der Waals surface area contributed by atoms with Gasteiger partial charge in [-0.3, -0.25) is 5.10 Å². The van der Waals surface area contributed by atoms with Crippen molar-refractivity contribution in [3.05, 3.63) is 0 Å². The van der Waals surface area contributed by atoms with E-state index in [0.717, 1.165) is 11.6 Å². The fraction of sp³-hybridized carbons (Fsp3) is 0. The van der Waals surface area contributed by atoms with Crippen LogP contribution in [-0.2, 0) is 0 Å². The third kappa shape index (κ3) is 0.0397. The van der Waals surface area contributed by atoms with Gasteiger partial charge < -0.3 is 0 Å². The molecule has 0 atom stereocenters. The average Bonchev–Trinajstić information content (AvgIpc) is 1.74. The molecule has 2 rings (SSSR count). The second-order valence-electron chi connectivity index (χ2n) is 1.01. The zero-order chi connectivity index (χ0) is 3.28. The van der Waals surface area contributed by atoms with Crippen molar-refractivity contribution < 1.29 is 0 Å². The van der Waals surface area contributed by atoms with Crippen LogP contribution in [0, 0.1) is 0 Å². The maximum atomic E-state index is 3.72. The van der Waals surface area contributed by atoms with Gasteiger partial charge in [-0.05, 0) is 0 Å². The number of fused-ring (bicyclic) bond motifs is 1. The first-order valence-electron chi connectivity index (χ1n) is 1.39. The van der Waals surface area contributed by atoms with E-state index in [1.807, 2.05) is 0 Å². The normalized spacial score (nSPS) is 12.0.